The predicted molar refractivity (Wildman–Crippen MR) is 68.3 cm³/mol. The highest BCUT2D eigenvalue weighted by Crippen LogP contribution is 2.38. The number of ether oxygens (including phenoxy) is 1. The molecule has 1 aromatic heterocycles. The van der Waals surface area contributed by atoms with Gasteiger partial charge in [-0.1, -0.05) is 0 Å². The Kier molecular flexibility index (Phi) is 4.62. The lowest BCUT2D eigenvalue weighted by molar-refractivity contribution is -0.158. The first-order valence-electron chi connectivity index (χ1n) is 6.10. The third kappa shape index (κ3) is 5.01. The number of nitrogens with zero attached hydrogens (tertiary/aromatic N) is 2. The number of halogens is 6. The zero-order valence-electron chi connectivity index (χ0n) is 11.2. The van der Waals surface area contributed by atoms with Gasteiger partial charge in [-0.15, -0.1) is 0 Å². The van der Waals surface area contributed by atoms with E-state index in [1.807, 2.05) is 0 Å². The summed E-state index contributed by atoms with van der Waals surface area (Å²) >= 11 is 0. The Bertz CT molecular complexity index is 657. The topological polar surface area (TPSA) is 47.0 Å². The molecule has 4 nitrogen and oxygen atoms in total. The summed E-state index contributed by atoms with van der Waals surface area (Å²) in [4.78, 5) is 7.55. The maximum absolute atomic E-state index is 13.0. The molecule has 1 N–H and O–H groups in total. The van der Waals surface area contributed by atoms with Crippen LogP contribution in [-0.4, -0.2) is 22.8 Å². The molecule has 0 bridgehead atoms. The van der Waals surface area contributed by atoms with Gasteiger partial charge >= 0.3 is 12.4 Å². The number of hydrogen-bond acceptors (Lipinski definition) is 4. The highest BCUT2D eigenvalue weighted by atomic mass is 19.4. The van der Waals surface area contributed by atoms with Gasteiger partial charge in [-0.05, 0) is 24.3 Å². The quantitative estimate of drug-likeness (QED) is 0.850. The van der Waals surface area contributed by atoms with Crippen LogP contribution in [0.25, 0.3) is 0 Å². The highest BCUT2D eigenvalue weighted by Gasteiger charge is 2.36. The minimum absolute atomic E-state index is 0.0390. The number of alkyl halides is 6. The fourth-order valence-corrected chi connectivity index (χ4v) is 1.61. The zero-order chi connectivity index (χ0) is 17.1. The van der Waals surface area contributed by atoms with Gasteiger partial charge in [0.1, 0.15) is 5.75 Å². The molecule has 0 fully saturated rings. The van der Waals surface area contributed by atoms with Crippen LogP contribution >= 0.6 is 0 Å². The lowest BCUT2D eigenvalue weighted by Crippen LogP contribution is -2.21. The van der Waals surface area contributed by atoms with Crippen LogP contribution in [0.4, 0.5) is 38.0 Å². The van der Waals surface area contributed by atoms with Crippen molar-refractivity contribution in [3.8, 4) is 5.75 Å². The summed E-state index contributed by atoms with van der Waals surface area (Å²) < 4.78 is 79.4. The van der Waals surface area contributed by atoms with Crippen LogP contribution in [0.15, 0.2) is 36.7 Å². The monoisotopic (exact) mass is 337 g/mol. The van der Waals surface area contributed by atoms with Gasteiger partial charge < -0.3 is 10.1 Å². The largest absolute Gasteiger partial charge is 0.483 e. The summed E-state index contributed by atoms with van der Waals surface area (Å²) in [6, 6.07) is 4.08. The van der Waals surface area contributed by atoms with Crippen molar-refractivity contribution < 1.29 is 31.1 Å². The van der Waals surface area contributed by atoms with E-state index >= 15 is 0 Å². The van der Waals surface area contributed by atoms with Crippen molar-refractivity contribution in [2.24, 2.45) is 0 Å². The Morgan fingerprint density at radius 1 is 1.00 bits per heavy atom. The van der Waals surface area contributed by atoms with Crippen LogP contribution in [-0.2, 0) is 6.18 Å². The molecular weight excluding hydrogens is 328 g/mol. The molecule has 0 spiro atoms. The number of aromatic nitrogens is 2. The fourth-order valence-electron chi connectivity index (χ4n) is 1.61. The summed E-state index contributed by atoms with van der Waals surface area (Å²) in [5.41, 5.74) is -1.37. The Hall–Kier alpha value is -2.52. The van der Waals surface area contributed by atoms with Crippen molar-refractivity contribution in [1.82, 2.24) is 9.97 Å². The molecule has 1 heterocycles. The van der Waals surface area contributed by atoms with Gasteiger partial charge in [0.25, 0.3) is 0 Å². The van der Waals surface area contributed by atoms with Gasteiger partial charge in [0, 0.05) is 18.1 Å². The second-order valence-electron chi connectivity index (χ2n) is 4.31. The molecule has 2 rings (SSSR count). The first-order chi connectivity index (χ1) is 10.6. The van der Waals surface area contributed by atoms with Crippen LogP contribution in [0.5, 0.6) is 5.75 Å². The molecule has 0 unspecified atom stereocenters. The van der Waals surface area contributed by atoms with Gasteiger partial charge in [-0.3, -0.25) is 0 Å². The predicted octanol–water partition coefficient (Wildman–Crippen LogP) is 4.18. The fraction of sp³-hybridized carbons (Fsp3) is 0.231. The van der Waals surface area contributed by atoms with Crippen LogP contribution in [0, 0.1) is 0 Å². The smallest absolute Gasteiger partial charge is 0.422 e. The molecule has 0 amide bonds. The van der Waals surface area contributed by atoms with E-state index in [-0.39, 0.29) is 11.6 Å². The molecule has 0 atom stereocenters. The maximum atomic E-state index is 13.0. The minimum Gasteiger partial charge on any atom is -0.483 e. The first-order valence-corrected chi connectivity index (χ1v) is 6.10. The third-order valence-corrected chi connectivity index (χ3v) is 2.50. The molecule has 10 heteroatoms. The van der Waals surface area contributed by atoms with Crippen molar-refractivity contribution in [2.45, 2.75) is 12.4 Å². The van der Waals surface area contributed by atoms with E-state index in [2.05, 4.69) is 20.0 Å². The number of rotatable bonds is 4. The number of benzene rings is 1. The Labute approximate surface area is 126 Å². The Balaban J connectivity index is 2.27. The summed E-state index contributed by atoms with van der Waals surface area (Å²) in [6.45, 7) is -1.81. The van der Waals surface area contributed by atoms with Gasteiger partial charge in [0.2, 0.25) is 5.95 Å². The van der Waals surface area contributed by atoms with Crippen molar-refractivity contribution in [1.29, 1.82) is 0 Å². The van der Waals surface area contributed by atoms with E-state index in [0.29, 0.717) is 6.07 Å². The normalized spacial score (nSPS) is 12.1. The zero-order valence-corrected chi connectivity index (χ0v) is 11.2. The van der Waals surface area contributed by atoms with Crippen LogP contribution in [0.1, 0.15) is 5.56 Å². The molecule has 1 aromatic carbocycles. The number of anilines is 2. The first kappa shape index (κ1) is 16.8. The maximum Gasteiger partial charge on any atom is 0.422 e. The Morgan fingerprint density at radius 2 is 1.65 bits per heavy atom. The second-order valence-corrected chi connectivity index (χ2v) is 4.31. The van der Waals surface area contributed by atoms with Gasteiger partial charge in [0.15, 0.2) is 6.61 Å². The number of nitrogens with one attached hydrogen (secondary N) is 1. The summed E-state index contributed by atoms with van der Waals surface area (Å²) in [6.07, 6.45) is -6.87. The Morgan fingerprint density at radius 3 is 2.22 bits per heavy atom. The van der Waals surface area contributed by atoms with Crippen molar-refractivity contribution >= 4 is 11.6 Å². The molecule has 0 saturated carbocycles. The average Bonchev–Trinajstić information content (AvgIpc) is 2.45. The van der Waals surface area contributed by atoms with Crippen LogP contribution in [0.3, 0.4) is 0 Å². The molecule has 0 radical (unpaired) electrons. The molecule has 0 aliphatic carbocycles. The standard InChI is InChI=1S/C13H9F6N3O/c14-12(15,16)7-23-10-3-2-8(6-9(10)13(17,18)19)22-11-20-4-1-5-21-11/h1-6H,7H2,(H,20,21,22). The molecule has 2 aromatic rings. The average molecular weight is 337 g/mol. The molecule has 23 heavy (non-hydrogen) atoms. The molecule has 0 saturated heterocycles. The van der Waals surface area contributed by atoms with Crippen molar-refractivity contribution in [2.75, 3.05) is 11.9 Å². The molecule has 0 aliphatic rings. The van der Waals surface area contributed by atoms with E-state index in [1.54, 1.807) is 0 Å². The lowest BCUT2D eigenvalue weighted by Gasteiger charge is -2.16. The summed E-state index contributed by atoms with van der Waals surface area (Å²) in [7, 11) is 0. The number of hydrogen-bond donors (Lipinski definition) is 1. The van der Waals surface area contributed by atoms with Crippen molar-refractivity contribution in [3.05, 3.63) is 42.2 Å². The lowest BCUT2D eigenvalue weighted by atomic mass is 10.1. The van der Waals surface area contributed by atoms with Gasteiger partial charge in [0.05, 0.1) is 5.56 Å². The second kappa shape index (κ2) is 6.31. The third-order valence-electron chi connectivity index (χ3n) is 2.50. The van der Waals surface area contributed by atoms with E-state index in [0.717, 1.165) is 12.1 Å². The van der Waals surface area contributed by atoms with E-state index in [4.69, 9.17) is 0 Å². The van der Waals surface area contributed by atoms with Crippen molar-refractivity contribution in [3.63, 3.8) is 0 Å². The van der Waals surface area contributed by atoms with Gasteiger partial charge in [-0.2, -0.15) is 26.3 Å². The van der Waals surface area contributed by atoms with E-state index < -0.39 is 30.3 Å². The summed E-state index contributed by atoms with van der Waals surface area (Å²) in [5, 5.41) is 2.52. The van der Waals surface area contributed by atoms with Gasteiger partial charge in [-0.25, -0.2) is 9.97 Å². The molecule has 124 valence electrons. The van der Waals surface area contributed by atoms with E-state index in [1.165, 1.54) is 18.5 Å². The van der Waals surface area contributed by atoms with Crippen LogP contribution < -0.4 is 10.1 Å². The minimum atomic E-state index is -4.88. The summed E-state index contributed by atoms with van der Waals surface area (Å²) in [5.74, 6) is -0.862. The van der Waals surface area contributed by atoms with E-state index in [9.17, 15) is 26.3 Å². The van der Waals surface area contributed by atoms with Crippen LogP contribution in [0.2, 0.25) is 0 Å². The highest BCUT2D eigenvalue weighted by molar-refractivity contribution is 5.57. The SMILES string of the molecule is FC(F)(F)COc1ccc(Nc2ncccn2)cc1C(F)(F)F. The molecular formula is C13H9F6N3O. The molecule has 0 aliphatic heterocycles.